The molecule has 150 valence electrons. The summed E-state index contributed by atoms with van der Waals surface area (Å²) in [5, 5.41) is 19.7. The van der Waals surface area contributed by atoms with Gasteiger partial charge >= 0.3 is 0 Å². The summed E-state index contributed by atoms with van der Waals surface area (Å²) in [6.45, 7) is 4.38. The van der Waals surface area contributed by atoms with Crippen LogP contribution in [-0.2, 0) is 12.8 Å². The van der Waals surface area contributed by atoms with Gasteiger partial charge in [-0.3, -0.25) is 0 Å². The van der Waals surface area contributed by atoms with Gasteiger partial charge in [0.1, 0.15) is 12.1 Å². The summed E-state index contributed by atoms with van der Waals surface area (Å²) in [6, 6.07) is 25.3. The predicted molar refractivity (Wildman–Crippen MR) is 124 cm³/mol. The summed E-state index contributed by atoms with van der Waals surface area (Å²) < 4.78 is 0. The number of rotatable bonds is 8. The SMILES string of the molecule is CCCCc1ccc(-c2ccc(-c3ccc(CCCC)cc3)c(C#N)c2C#N)cc1. The highest BCUT2D eigenvalue weighted by molar-refractivity contribution is 5.82. The first kappa shape index (κ1) is 21.4. The average molecular weight is 393 g/mol. The van der Waals surface area contributed by atoms with Crippen LogP contribution in [0.2, 0.25) is 0 Å². The van der Waals surface area contributed by atoms with E-state index in [0.717, 1.165) is 35.1 Å². The maximum Gasteiger partial charge on any atom is 0.101 e. The summed E-state index contributed by atoms with van der Waals surface area (Å²) >= 11 is 0. The molecule has 0 heterocycles. The van der Waals surface area contributed by atoms with E-state index in [-0.39, 0.29) is 0 Å². The second-order valence-electron chi connectivity index (χ2n) is 7.74. The van der Waals surface area contributed by atoms with Crippen molar-refractivity contribution in [2.45, 2.75) is 52.4 Å². The van der Waals surface area contributed by atoms with Crippen LogP contribution >= 0.6 is 0 Å². The van der Waals surface area contributed by atoms with E-state index in [4.69, 9.17) is 0 Å². The molecule has 3 rings (SSSR count). The van der Waals surface area contributed by atoms with Gasteiger partial charge < -0.3 is 0 Å². The van der Waals surface area contributed by atoms with E-state index < -0.39 is 0 Å². The monoisotopic (exact) mass is 392 g/mol. The minimum atomic E-state index is 0.450. The fraction of sp³-hybridized carbons (Fsp3) is 0.286. The molecule has 3 aromatic carbocycles. The smallest absolute Gasteiger partial charge is 0.101 e. The first-order valence-corrected chi connectivity index (χ1v) is 10.9. The predicted octanol–water partition coefficient (Wildman–Crippen LogP) is 7.45. The lowest BCUT2D eigenvalue weighted by molar-refractivity contribution is 0.795. The van der Waals surface area contributed by atoms with Gasteiger partial charge in [0.2, 0.25) is 0 Å². The molecule has 0 aliphatic heterocycles. The highest BCUT2D eigenvalue weighted by Crippen LogP contribution is 2.33. The van der Waals surface area contributed by atoms with Gasteiger partial charge in [0.25, 0.3) is 0 Å². The van der Waals surface area contributed by atoms with E-state index in [1.54, 1.807) is 0 Å². The Labute approximate surface area is 180 Å². The van der Waals surface area contributed by atoms with Crippen molar-refractivity contribution < 1.29 is 0 Å². The lowest BCUT2D eigenvalue weighted by Gasteiger charge is -2.12. The second-order valence-corrected chi connectivity index (χ2v) is 7.74. The summed E-state index contributed by atoms with van der Waals surface area (Å²) in [5.41, 5.74) is 7.10. The van der Waals surface area contributed by atoms with Gasteiger partial charge in [-0.2, -0.15) is 10.5 Å². The number of benzene rings is 3. The van der Waals surface area contributed by atoms with Gasteiger partial charge in [-0.1, -0.05) is 87.4 Å². The molecule has 0 bridgehead atoms. The molecule has 0 saturated heterocycles. The summed E-state index contributed by atoms with van der Waals surface area (Å²) in [4.78, 5) is 0. The quantitative estimate of drug-likeness (QED) is 0.399. The molecule has 0 N–H and O–H groups in total. The van der Waals surface area contributed by atoms with E-state index in [1.165, 1.54) is 36.8 Å². The van der Waals surface area contributed by atoms with Crippen LogP contribution in [0, 0.1) is 22.7 Å². The molecule has 0 atom stereocenters. The summed E-state index contributed by atoms with van der Waals surface area (Å²) in [6.07, 6.45) is 6.83. The fourth-order valence-electron chi connectivity index (χ4n) is 3.78. The molecule has 0 aromatic heterocycles. The van der Waals surface area contributed by atoms with Crippen molar-refractivity contribution in [1.29, 1.82) is 10.5 Å². The Morgan fingerprint density at radius 3 is 1.23 bits per heavy atom. The van der Waals surface area contributed by atoms with E-state index in [2.05, 4.69) is 74.5 Å². The molecule has 30 heavy (non-hydrogen) atoms. The maximum atomic E-state index is 9.87. The van der Waals surface area contributed by atoms with Crippen LogP contribution < -0.4 is 0 Å². The van der Waals surface area contributed by atoms with E-state index >= 15 is 0 Å². The normalized spacial score (nSPS) is 10.4. The van der Waals surface area contributed by atoms with Crippen molar-refractivity contribution in [3.05, 3.63) is 82.9 Å². The van der Waals surface area contributed by atoms with Gasteiger partial charge in [0.05, 0.1) is 11.1 Å². The van der Waals surface area contributed by atoms with Crippen molar-refractivity contribution in [2.24, 2.45) is 0 Å². The zero-order chi connectivity index (χ0) is 21.3. The number of nitrogens with zero attached hydrogens (tertiary/aromatic N) is 2. The van der Waals surface area contributed by atoms with Crippen molar-refractivity contribution >= 4 is 0 Å². The van der Waals surface area contributed by atoms with Crippen LogP contribution in [0.3, 0.4) is 0 Å². The fourth-order valence-corrected chi connectivity index (χ4v) is 3.78. The average Bonchev–Trinajstić information content (AvgIpc) is 2.81. The third kappa shape index (κ3) is 4.79. The molecular formula is C28H28N2. The molecule has 0 amide bonds. The Bertz CT molecular complexity index is 973. The molecule has 2 heteroatoms. The van der Waals surface area contributed by atoms with Crippen molar-refractivity contribution in [3.63, 3.8) is 0 Å². The van der Waals surface area contributed by atoms with Crippen LogP contribution in [0.1, 0.15) is 61.8 Å². The minimum Gasteiger partial charge on any atom is -0.192 e. The van der Waals surface area contributed by atoms with Gasteiger partial charge in [0, 0.05) is 11.1 Å². The number of nitriles is 2. The molecule has 0 fully saturated rings. The molecule has 3 aromatic rings. The zero-order valence-electron chi connectivity index (χ0n) is 17.9. The number of aryl methyl sites for hydroxylation is 2. The first-order chi connectivity index (χ1) is 14.7. The second kappa shape index (κ2) is 10.4. The molecular weight excluding hydrogens is 364 g/mol. The number of unbranched alkanes of at least 4 members (excludes halogenated alkanes) is 2. The third-order valence-electron chi connectivity index (χ3n) is 5.60. The summed E-state index contributed by atoms with van der Waals surface area (Å²) in [5.74, 6) is 0. The standard InChI is InChI=1S/C28H28N2/c1-3-5-7-21-9-13-23(14-10-21)25-17-18-26(28(20-30)27(25)19-29)24-15-11-22(12-16-24)8-6-4-2/h9-18H,3-8H2,1-2H3. The first-order valence-electron chi connectivity index (χ1n) is 10.9. The Morgan fingerprint density at radius 1 is 0.567 bits per heavy atom. The van der Waals surface area contributed by atoms with Crippen LogP contribution in [-0.4, -0.2) is 0 Å². The van der Waals surface area contributed by atoms with Crippen LogP contribution in [0.15, 0.2) is 60.7 Å². The largest absolute Gasteiger partial charge is 0.192 e. The Hall–Kier alpha value is -3.36. The molecule has 2 nitrogen and oxygen atoms in total. The van der Waals surface area contributed by atoms with E-state index in [9.17, 15) is 10.5 Å². The molecule has 0 unspecified atom stereocenters. The number of hydrogen-bond donors (Lipinski definition) is 0. The molecule has 0 aliphatic carbocycles. The van der Waals surface area contributed by atoms with Gasteiger partial charge in [-0.25, -0.2) is 0 Å². The number of hydrogen-bond acceptors (Lipinski definition) is 2. The Kier molecular flexibility index (Phi) is 7.42. The lowest BCUT2D eigenvalue weighted by atomic mass is 9.89. The summed E-state index contributed by atoms with van der Waals surface area (Å²) in [7, 11) is 0. The Morgan fingerprint density at radius 2 is 0.933 bits per heavy atom. The molecule has 0 aliphatic rings. The van der Waals surface area contributed by atoms with E-state index in [1.807, 2.05) is 12.1 Å². The van der Waals surface area contributed by atoms with Gasteiger partial charge in [-0.15, -0.1) is 0 Å². The molecule has 0 saturated carbocycles. The molecule has 0 spiro atoms. The van der Waals surface area contributed by atoms with Gasteiger partial charge in [0.15, 0.2) is 0 Å². The van der Waals surface area contributed by atoms with Crippen LogP contribution in [0.5, 0.6) is 0 Å². The highest BCUT2D eigenvalue weighted by atomic mass is 14.3. The van der Waals surface area contributed by atoms with Crippen molar-refractivity contribution in [1.82, 2.24) is 0 Å². The minimum absolute atomic E-state index is 0.450. The zero-order valence-corrected chi connectivity index (χ0v) is 17.9. The highest BCUT2D eigenvalue weighted by Gasteiger charge is 2.16. The maximum absolute atomic E-state index is 9.87. The van der Waals surface area contributed by atoms with Crippen LogP contribution in [0.4, 0.5) is 0 Å². The lowest BCUT2D eigenvalue weighted by Crippen LogP contribution is -1.95. The van der Waals surface area contributed by atoms with Crippen LogP contribution in [0.25, 0.3) is 22.3 Å². The third-order valence-corrected chi connectivity index (χ3v) is 5.60. The Balaban J connectivity index is 1.97. The topological polar surface area (TPSA) is 47.6 Å². The van der Waals surface area contributed by atoms with Crippen molar-refractivity contribution in [2.75, 3.05) is 0 Å². The van der Waals surface area contributed by atoms with Crippen molar-refractivity contribution in [3.8, 4) is 34.4 Å². The van der Waals surface area contributed by atoms with E-state index in [0.29, 0.717) is 11.1 Å². The molecule has 0 radical (unpaired) electrons. The van der Waals surface area contributed by atoms with Gasteiger partial charge in [-0.05, 0) is 47.9 Å².